The molecule has 21 heavy (non-hydrogen) atoms. The van der Waals surface area contributed by atoms with E-state index in [1.54, 1.807) is 0 Å². The van der Waals surface area contributed by atoms with Crippen molar-refractivity contribution in [3.8, 4) is 0 Å². The summed E-state index contributed by atoms with van der Waals surface area (Å²) in [7, 11) is -0.786. The molecule has 0 aliphatic heterocycles. The van der Waals surface area contributed by atoms with Crippen molar-refractivity contribution in [1.29, 1.82) is 0 Å². The second-order valence-corrected chi connectivity index (χ2v) is 5.91. The molecule has 5 nitrogen and oxygen atoms in total. The van der Waals surface area contributed by atoms with Crippen LogP contribution in [0.25, 0.3) is 11.8 Å². The summed E-state index contributed by atoms with van der Waals surface area (Å²) in [5.74, 6) is 0. The summed E-state index contributed by atoms with van der Waals surface area (Å²) in [4.78, 5) is 3.51. The lowest BCUT2D eigenvalue weighted by molar-refractivity contribution is 0.881. The van der Waals surface area contributed by atoms with Crippen molar-refractivity contribution in [3.05, 3.63) is 71.8 Å². The van der Waals surface area contributed by atoms with Crippen molar-refractivity contribution in [2.24, 2.45) is 0 Å². The Morgan fingerprint density at radius 2 is 1.71 bits per heavy atom. The van der Waals surface area contributed by atoms with E-state index in [2.05, 4.69) is 55.9 Å². The van der Waals surface area contributed by atoms with Gasteiger partial charge in [0.15, 0.2) is 0 Å². The van der Waals surface area contributed by atoms with Crippen LogP contribution in [0.1, 0.15) is 11.1 Å². The smallest absolute Gasteiger partial charge is 0.201 e. The van der Waals surface area contributed by atoms with Crippen molar-refractivity contribution in [1.82, 2.24) is 25.6 Å². The number of benzene rings is 2. The Hall–Kier alpha value is -2.73. The third-order valence-corrected chi connectivity index (χ3v) is 4.22. The lowest BCUT2D eigenvalue weighted by Gasteiger charge is -2.10. The van der Waals surface area contributed by atoms with E-state index in [0.717, 1.165) is 22.3 Å². The third-order valence-electron chi connectivity index (χ3n) is 3.03. The number of nitrogens with zero attached hydrogens (tertiary/aromatic N) is 3. The number of nitrogens with one attached hydrogen (secondary N) is 2. The highest BCUT2D eigenvalue weighted by Crippen LogP contribution is 2.14. The summed E-state index contributed by atoms with van der Waals surface area (Å²) in [6.07, 6.45) is 2.14. The Bertz CT molecular complexity index is 695. The number of aromatic nitrogens is 4. The molecule has 2 N–H and O–H groups in total. The van der Waals surface area contributed by atoms with Gasteiger partial charge in [0.05, 0.1) is 0 Å². The number of tetrazole rings is 1. The fourth-order valence-corrected chi connectivity index (χ4v) is 2.95. The van der Waals surface area contributed by atoms with E-state index in [-0.39, 0.29) is 0 Å². The Morgan fingerprint density at radius 1 is 1.00 bits per heavy atom. The number of hydrogen-bond acceptors (Lipinski definition) is 4. The fraction of sp³-hybridized carbons (Fsp3) is 0. The molecule has 0 saturated heterocycles. The molecular weight excluding hydrogens is 278 g/mol. The Balaban J connectivity index is 1.86. The molecule has 2 aromatic carbocycles. The van der Waals surface area contributed by atoms with Gasteiger partial charge in [-0.15, -0.1) is 5.10 Å². The molecule has 3 aromatic rings. The molecule has 0 spiro atoms. The van der Waals surface area contributed by atoms with Gasteiger partial charge in [0.25, 0.3) is 0 Å². The maximum absolute atomic E-state index is 3.94. The van der Waals surface area contributed by atoms with Gasteiger partial charge < -0.3 is 4.98 Å². The van der Waals surface area contributed by atoms with Crippen LogP contribution in [0.2, 0.25) is 0 Å². The van der Waals surface area contributed by atoms with Crippen LogP contribution in [0.15, 0.2) is 60.7 Å². The zero-order valence-corrected chi connectivity index (χ0v) is 12.8. The van der Waals surface area contributed by atoms with E-state index in [1.165, 1.54) is 0 Å². The van der Waals surface area contributed by atoms with Gasteiger partial charge in [-0.05, 0) is 27.6 Å². The lowest BCUT2D eigenvalue weighted by atomic mass is 10.1. The quantitative estimate of drug-likeness (QED) is 0.537. The second kappa shape index (κ2) is 6.62. The van der Waals surface area contributed by atoms with Gasteiger partial charge in [-0.3, -0.25) is 0 Å². The minimum absolute atomic E-state index is 0.786. The molecule has 0 unspecified atom stereocenters. The molecule has 1 aromatic heterocycles. The van der Waals surface area contributed by atoms with Crippen LogP contribution in [0.5, 0.6) is 0 Å². The summed E-state index contributed by atoms with van der Waals surface area (Å²) >= 11 is 0. The summed E-state index contributed by atoms with van der Waals surface area (Å²) in [6, 6.07) is 20.5. The maximum atomic E-state index is 3.94. The fourth-order valence-electron chi connectivity index (χ4n) is 2.00. The first-order chi connectivity index (χ1) is 10.4. The van der Waals surface area contributed by atoms with E-state index in [0.29, 0.717) is 0 Å². The molecule has 0 aliphatic carbocycles. The predicted octanol–water partition coefficient (Wildman–Crippen LogP) is 0.697. The van der Waals surface area contributed by atoms with Gasteiger partial charge in [-0.25, -0.2) is 5.10 Å². The van der Waals surface area contributed by atoms with Gasteiger partial charge in [0.2, 0.25) is 9.68 Å². The highest BCUT2D eigenvalue weighted by molar-refractivity contribution is 6.50. The van der Waals surface area contributed by atoms with Gasteiger partial charge in [-0.2, -0.15) is 0 Å². The SMILES string of the molecule is C(=C(N[SiH2]c1nnn[nH]1)c1ccccc1)c1ccccc1. The highest BCUT2D eigenvalue weighted by Gasteiger charge is 2.04. The van der Waals surface area contributed by atoms with Gasteiger partial charge in [0, 0.05) is 5.70 Å². The Kier molecular flexibility index (Phi) is 4.18. The summed E-state index contributed by atoms with van der Waals surface area (Å²) in [5.41, 5.74) is 4.24. The minimum Gasteiger partial charge on any atom is -0.409 e. The Labute approximate surface area is 125 Å². The first-order valence-electron chi connectivity index (χ1n) is 6.70. The van der Waals surface area contributed by atoms with Crippen LogP contribution in [0.3, 0.4) is 0 Å². The van der Waals surface area contributed by atoms with E-state index in [4.69, 9.17) is 0 Å². The maximum Gasteiger partial charge on any atom is 0.201 e. The van der Waals surface area contributed by atoms with Crippen LogP contribution in [0, 0.1) is 0 Å². The summed E-state index contributed by atoms with van der Waals surface area (Å²) in [6.45, 7) is 0. The number of H-pyrrole nitrogens is 1. The van der Waals surface area contributed by atoms with E-state index in [1.807, 2.05) is 36.4 Å². The van der Waals surface area contributed by atoms with Gasteiger partial charge in [-0.1, -0.05) is 60.7 Å². The second-order valence-electron chi connectivity index (χ2n) is 4.54. The van der Waals surface area contributed by atoms with Gasteiger partial charge >= 0.3 is 0 Å². The van der Waals surface area contributed by atoms with Crippen LogP contribution in [-0.2, 0) is 0 Å². The monoisotopic (exact) mass is 293 g/mol. The van der Waals surface area contributed by atoms with E-state index < -0.39 is 9.68 Å². The van der Waals surface area contributed by atoms with Crippen LogP contribution < -0.4 is 10.4 Å². The zero-order chi connectivity index (χ0) is 14.3. The average Bonchev–Trinajstić information content (AvgIpc) is 3.07. The summed E-state index contributed by atoms with van der Waals surface area (Å²) < 4.78 is 0. The molecule has 1 heterocycles. The molecule has 0 bridgehead atoms. The summed E-state index contributed by atoms with van der Waals surface area (Å²) in [5, 5.41) is 14.0. The molecule has 0 saturated carbocycles. The van der Waals surface area contributed by atoms with Gasteiger partial charge in [0.1, 0.15) is 5.45 Å². The van der Waals surface area contributed by atoms with Crippen molar-refractivity contribution in [2.75, 3.05) is 0 Å². The number of rotatable bonds is 5. The molecule has 6 heteroatoms. The average molecular weight is 293 g/mol. The molecule has 0 radical (unpaired) electrons. The molecule has 0 amide bonds. The first-order valence-corrected chi connectivity index (χ1v) is 8.12. The predicted molar refractivity (Wildman–Crippen MR) is 86.2 cm³/mol. The van der Waals surface area contributed by atoms with Crippen LogP contribution in [0.4, 0.5) is 0 Å². The van der Waals surface area contributed by atoms with E-state index in [9.17, 15) is 0 Å². The lowest BCUT2D eigenvalue weighted by Crippen LogP contribution is -2.32. The van der Waals surface area contributed by atoms with Crippen LogP contribution >= 0.6 is 0 Å². The minimum atomic E-state index is -0.786. The standard InChI is InChI=1S/C15H15N5Si/c1-3-7-12(8-4-1)11-14(13-9-5-2-6-10-13)18-21-15-16-19-20-17-15/h1-11,18H,21H2,(H,16,17,19,20). The molecule has 0 atom stereocenters. The van der Waals surface area contributed by atoms with Crippen molar-refractivity contribution in [3.63, 3.8) is 0 Å². The highest BCUT2D eigenvalue weighted by atomic mass is 28.2. The molecule has 0 aliphatic rings. The van der Waals surface area contributed by atoms with Crippen LogP contribution in [-0.4, -0.2) is 30.3 Å². The largest absolute Gasteiger partial charge is 0.409 e. The molecule has 0 fully saturated rings. The topological polar surface area (TPSA) is 66.5 Å². The first kappa shape index (κ1) is 13.3. The zero-order valence-electron chi connectivity index (χ0n) is 11.4. The van der Waals surface area contributed by atoms with Crippen molar-refractivity contribution < 1.29 is 0 Å². The van der Waals surface area contributed by atoms with Crippen molar-refractivity contribution >= 4 is 26.9 Å². The number of hydrogen-bond donors (Lipinski definition) is 2. The van der Waals surface area contributed by atoms with E-state index >= 15 is 0 Å². The Morgan fingerprint density at radius 3 is 2.38 bits per heavy atom. The number of aromatic amines is 1. The third kappa shape index (κ3) is 3.64. The normalized spacial score (nSPS) is 11.9. The molecule has 104 valence electrons. The molecule has 3 rings (SSSR count). The van der Waals surface area contributed by atoms with Crippen molar-refractivity contribution in [2.45, 2.75) is 0 Å². The molecular formula is C15H15N5Si.